The number of benzene rings is 1. The predicted molar refractivity (Wildman–Crippen MR) is 61.4 cm³/mol. The maximum atomic E-state index is 13.1. The van der Waals surface area contributed by atoms with Gasteiger partial charge in [0.1, 0.15) is 5.75 Å². The molecule has 2 nitrogen and oxygen atoms in total. The first-order chi connectivity index (χ1) is 9.06. The van der Waals surface area contributed by atoms with Gasteiger partial charge >= 0.3 is 12.4 Å². The molecule has 20 heavy (non-hydrogen) atoms. The van der Waals surface area contributed by atoms with Crippen LogP contribution in [0.15, 0.2) is 24.3 Å². The number of rotatable bonds is 4. The molecular weight excluding hydrogens is 310 g/mol. The van der Waals surface area contributed by atoms with Crippen molar-refractivity contribution in [3.05, 3.63) is 29.8 Å². The van der Waals surface area contributed by atoms with Gasteiger partial charge in [0.25, 0.3) is 0 Å². The fraction of sp³-hybridized carbons (Fsp3) is 0.455. The molecule has 2 N–H and O–H groups in total. The lowest BCUT2D eigenvalue weighted by Crippen LogP contribution is -2.51. The van der Waals surface area contributed by atoms with Crippen molar-refractivity contribution in [3.8, 4) is 5.75 Å². The Morgan fingerprint density at radius 1 is 0.900 bits per heavy atom. The minimum Gasteiger partial charge on any atom is -0.508 e. The number of aliphatic hydroxyl groups excluding tert-OH is 1. The molecule has 0 atom stereocenters. The van der Waals surface area contributed by atoms with E-state index in [-0.39, 0.29) is 0 Å². The Morgan fingerprint density at radius 3 is 1.70 bits per heavy atom. The molecule has 0 spiro atoms. The number of aliphatic hydroxyl groups is 1. The lowest BCUT2D eigenvalue weighted by atomic mass is 9.96. The first-order valence-corrected chi connectivity index (χ1v) is 6.22. The summed E-state index contributed by atoms with van der Waals surface area (Å²) in [5, 5.41) is 17.6. The summed E-state index contributed by atoms with van der Waals surface area (Å²) in [7, 11) is 0. The maximum absolute atomic E-state index is 13.1. The Hall–Kier alpha value is -1.09. The summed E-state index contributed by atoms with van der Waals surface area (Å²) in [6.07, 6.45) is -11.2. The Balaban J connectivity index is 3.48. The molecular formula is C11H10F6O2S. The van der Waals surface area contributed by atoms with Crippen LogP contribution >= 0.6 is 11.8 Å². The molecule has 1 aromatic carbocycles. The fourth-order valence-corrected chi connectivity index (χ4v) is 2.66. The summed E-state index contributed by atoms with van der Waals surface area (Å²) in [5.74, 6) is -1.18. The van der Waals surface area contributed by atoms with Gasteiger partial charge < -0.3 is 10.2 Å². The van der Waals surface area contributed by atoms with Gasteiger partial charge in [0.2, 0.25) is 4.75 Å². The summed E-state index contributed by atoms with van der Waals surface area (Å²) < 4.78 is 74.4. The van der Waals surface area contributed by atoms with Crippen molar-refractivity contribution in [1.29, 1.82) is 0 Å². The predicted octanol–water partition coefficient (Wildman–Crippen LogP) is 3.44. The normalized spacial score (nSPS) is 13.6. The summed E-state index contributed by atoms with van der Waals surface area (Å²) in [6.45, 7) is -0.823. The molecule has 1 rings (SSSR count). The van der Waals surface area contributed by atoms with Crippen molar-refractivity contribution in [1.82, 2.24) is 0 Å². The zero-order valence-electron chi connectivity index (χ0n) is 9.79. The molecule has 0 saturated heterocycles. The second-order valence-corrected chi connectivity index (χ2v) is 5.10. The SMILES string of the molecule is OCCSC(c1ccc(O)cc1)(C(F)(F)F)C(F)(F)F. The third-order valence-corrected chi connectivity index (χ3v) is 4.00. The molecule has 0 radical (unpaired) electrons. The second-order valence-electron chi connectivity index (χ2n) is 3.80. The molecule has 114 valence electrons. The van der Waals surface area contributed by atoms with Crippen LogP contribution < -0.4 is 0 Å². The lowest BCUT2D eigenvalue weighted by molar-refractivity contribution is -0.269. The molecule has 0 bridgehead atoms. The van der Waals surface area contributed by atoms with Crippen LogP contribution in [0.4, 0.5) is 26.3 Å². The van der Waals surface area contributed by atoms with E-state index in [4.69, 9.17) is 10.2 Å². The molecule has 0 fully saturated rings. The van der Waals surface area contributed by atoms with E-state index in [0.29, 0.717) is 12.1 Å². The lowest BCUT2D eigenvalue weighted by Gasteiger charge is -2.37. The summed E-state index contributed by atoms with van der Waals surface area (Å²) in [6, 6.07) is 2.64. The molecule has 1 aromatic rings. The van der Waals surface area contributed by atoms with Gasteiger partial charge in [0.15, 0.2) is 0 Å². The van der Waals surface area contributed by atoms with Crippen LogP contribution in [0.3, 0.4) is 0 Å². The average molecular weight is 320 g/mol. The summed E-state index contributed by atoms with van der Waals surface area (Å²) in [5.41, 5.74) is -1.05. The largest absolute Gasteiger partial charge is 0.508 e. The number of phenols is 1. The van der Waals surface area contributed by atoms with Gasteiger partial charge in [-0.2, -0.15) is 26.3 Å². The minimum atomic E-state index is -5.61. The zero-order chi connectivity index (χ0) is 15.6. The van der Waals surface area contributed by atoms with Crippen LogP contribution in [0.2, 0.25) is 0 Å². The molecule has 0 aliphatic carbocycles. The monoisotopic (exact) mass is 320 g/mol. The maximum Gasteiger partial charge on any atom is 0.416 e. The molecule has 0 aliphatic rings. The highest BCUT2D eigenvalue weighted by Gasteiger charge is 2.72. The van der Waals surface area contributed by atoms with E-state index in [9.17, 15) is 26.3 Å². The Morgan fingerprint density at radius 2 is 1.35 bits per heavy atom. The number of thioether (sulfide) groups is 1. The number of alkyl halides is 6. The first kappa shape index (κ1) is 17.0. The van der Waals surface area contributed by atoms with Crippen molar-refractivity contribution < 1.29 is 36.6 Å². The topological polar surface area (TPSA) is 40.5 Å². The molecule has 0 amide bonds. The van der Waals surface area contributed by atoms with Crippen molar-refractivity contribution in [2.24, 2.45) is 0 Å². The molecule has 0 heterocycles. The standard InChI is InChI=1S/C11H10F6O2S/c12-10(13,14)9(11(15,16)17,20-6-5-18)7-1-3-8(19)4-2-7/h1-4,18-19H,5-6H2. The van der Waals surface area contributed by atoms with E-state index in [2.05, 4.69) is 0 Å². The molecule has 0 unspecified atom stereocenters. The molecule has 0 aliphatic heterocycles. The van der Waals surface area contributed by atoms with Crippen molar-refractivity contribution in [2.75, 3.05) is 12.4 Å². The summed E-state index contributed by atoms with van der Waals surface area (Å²) in [4.78, 5) is 0. The zero-order valence-corrected chi connectivity index (χ0v) is 10.6. The van der Waals surface area contributed by atoms with Crippen LogP contribution in [-0.2, 0) is 4.75 Å². The average Bonchev–Trinajstić information content (AvgIpc) is 2.28. The van der Waals surface area contributed by atoms with Gasteiger partial charge in [0, 0.05) is 5.75 Å². The number of phenolic OH excluding ortho intramolecular Hbond substituents is 1. The van der Waals surface area contributed by atoms with E-state index >= 15 is 0 Å². The van der Waals surface area contributed by atoms with E-state index in [1.807, 2.05) is 0 Å². The van der Waals surface area contributed by atoms with Crippen molar-refractivity contribution >= 4 is 11.8 Å². The van der Waals surface area contributed by atoms with E-state index < -0.39 is 52.5 Å². The van der Waals surface area contributed by atoms with Crippen LogP contribution in [0.5, 0.6) is 5.75 Å². The van der Waals surface area contributed by atoms with Crippen LogP contribution in [-0.4, -0.2) is 34.9 Å². The van der Waals surface area contributed by atoms with E-state index in [1.54, 1.807) is 0 Å². The second kappa shape index (κ2) is 5.72. The van der Waals surface area contributed by atoms with Gasteiger partial charge in [-0.3, -0.25) is 0 Å². The molecule has 0 saturated carbocycles. The fourth-order valence-electron chi connectivity index (χ4n) is 1.63. The minimum absolute atomic E-state index is 0.440. The van der Waals surface area contributed by atoms with Gasteiger partial charge in [-0.15, -0.1) is 11.8 Å². The summed E-state index contributed by atoms with van der Waals surface area (Å²) >= 11 is -0.440. The Labute approximate surface area is 114 Å². The third kappa shape index (κ3) is 2.98. The van der Waals surface area contributed by atoms with E-state index in [1.165, 1.54) is 0 Å². The number of halogens is 6. The number of hydrogen-bond donors (Lipinski definition) is 2. The smallest absolute Gasteiger partial charge is 0.416 e. The van der Waals surface area contributed by atoms with Crippen LogP contribution in [0.25, 0.3) is 0 Å². The molecule has 0 aromatic heterocycles. The molecule has 9 heteroatoms. The number of hydrogen-bond acceptors (Lipinski definition) is 3. The first-order valence-electron chi connectivity index (χ1n) is 5.24. The highest BCUT2D eigenvalue weighted by Crippen LogP contribution is 2.58. The van der Waals surface area contributed by atoms with E-state index in [0.717, 1.165) is 12.1 Å². The van der Waals surface area contributed by atoms with Gasteiger partial charge in [0.05, 0.1) is 6.61 Å². The van der Waals surface area contributed by atoms with Crippen molar-refractivity contribution in [3.63, 3.8) is 0 Å². The highest BCUT2D eigenvalue weighted by molar-refractivity contribution is 8.00. The van der Waals surface area contributed by atoms with Crippen LogP contribution in [0.1, 0.15) is 5.56 Å². The van der Waals surface area contributed by atoms with Crippen molar-refractivity contribution in [2.45, 2.75) is 17.1 Å². The van der Waals surface area contributed by atoms with Gasteiger partial charge in [-0.05, 0) is 17.7 Å². The van der Waals surface area contributed by atoms with Crippen LogP contribution in [0, 0.1) is 0 Å². The quantitative estimate of drug-likeness (QED) is 0.835. The third-order valence-electron chi connectivity index (χ3n) is 2.48. The number of aromatic hydroxyl groups is 1. The highest BCUT2D eigenvalue weighted by atomic mass is 32.2. The Kier molecular flexibility index (Phi) is 4.86. The Bertz CT molecular complexity index is 426. The van der Waals surface area contributed by atoms with Gasteiger partial charge in [-0.25, -0.2) is 0 Å². The van der Waals surface area contributed by atoms with Gasteiger partial charge in [-0.1, -0.05) is 12.1 Å².